The second-order valence-electron chi connectivity index (χ2n) is 6.59. The van der Waals surface area contributed by atoms with Crippen LogP contribution in [0.5, 0.6) is 0 Å². The summed E-state index contributed by atoms with van der Waals surface area (Å²) in [5.74, 6) is 0.340. The third-order valence-electron chi connectivity index (χ3n) is 5.40. The van der Waals surface area contributed by atoms with Gasteiger partial charge in [0.2, 0.25) is 5.91 Å². The Hall–Kier alpha value is -1.35. The van der Waals surface area contributed by atoms with Crippen LogP contribution in [0.15, 0.2) is 24.3 Å². The number of nitrogens with zero attached hydrogens (tertiary/aromatic N) is 1. The fourth-order valence-electron chi connectivity index (χ4n) is 4.44. The molecule has 1 N–H and O–H groups in total. The highest BCUT2D eigenvalue weighted by atomic mass is 16.2. The van der Waals surface area contributed by atoms with Gasteiger partial charge in [0.05, 0.1) is 0 Å². The molecule has 0 radical (unpaired) electrons. The van der Waals surface area contributed by atoms with Gasteiger partial charge >= 0.3 is 0 Å². The molecule has 20 heavy (non-hydrogen) atoms. The highest BCUT2D eigenvalue weighted by Crippen LogP contribution is 2.47. The molecule has 3 atom stereocenters. The minimum absolute atomic E-state index is 0.218. The first-order valence-electron chi connectivity index (χ1n) is 7.88. The molecule has 0 aromatic heterocycles. The molecule has 1 aromatic rings. The summed E-state index contributed by atoms with van der Waals surface area (Å²) in [6.45, 7) is 2.11. The van der Waals surface area contributed by atoms with Crippen molar-refractivity contribution in [2.45, 2.75) is 63.2 Å². The Labute approximate surface area is 120 Å². The molecule has 0 spiro atoms. The molecule has 0 bridgehead atoms. The molecule has 3 heteroatoms. The Morgan fingerprint density at radius 2 is 1.95 bits per heavy atom. The Balaban J connectivity index is 1.78. The lowest BCUT2D eigenvalue weighted by atomic mass is 9.91. The Kier molecular flexibility index (Phi) is 2.68. The number of nitrogens with one attached hydrogen (secondary N) is 1. The van der Waals surface area contributed by atoms with Gasteiger partial charge in [0, 0.05) is 18.5 Å². The third-order valence-corrected chi connectivity index (χ3v) is 5.40. The van der Waals surface area contributed by atoms with Gasteiger partial charge in [-0.2, -0.15) is 0 Å². The van der Waals surface area contributed by atoms with E-state index < -0.39 is 0 Å². The molecule has 3 nitrogen and oxygen atoms in total. The largest absolute Gasteiger partial charge is 0.316 e. The van der Waals surface area contributed by atoms with Crippen molar-refractivity contribution in [1.82, 2.24) is 10.2 Å². The zero-order chi connectivity index (χ0) is 13.7. The van der Waals surface area contributed by atoms with Crippen molar-refractivity contribution in [2.75, 3.05) is 0 Å². The molecule has 106 valence electrons. The highest BCUT2D eigenvalue weighted by molar-refractivity contribution is 5.81. The summed E-state index contributed by atoms with van der Waals surface area (Å²) in [7, 11) is 0. The van der Waals surface area contributed by atoms with Crippen molar-refractivity contribution in [3.05, 3.63) is 35.4 Å². The van der Waals surface area contributed by atoms with E-state index in [1.807, 2.05) is 0 Å². The predicted molar refractivity (Wildman–Crippen MR) is 78.1 cm³/mol. The lowest BCUT2D eigenvalue weighted by Gasteiger charge is -2.35. The summed E-state index contributed by atoms with van der Waals surface area (Å²) < 4.78 is 0. The topological polar surface area (TPSA) is 32.3 Å². The van der Waals surface area contributed by atoms with Crippen molar-refractivity contribution in [3.63, 3.8) is 0 Å². The van der Waals surface area contributed by atoms with Gasteiger partial charge in [0.1, 0.15) is 5.66 Å². The summed E-state index contributed by atoms with van der Waals surface area (Å²) in [6.07, 6.45) is 6.53. The van der Waals surface area contributed by atoms with E-state index in [9.17, 15) is 4.79 Å². The quantitative estimate of drug-likeness (QED) is 0.851. The van der Waals surface area contributed by atoms with Crippen LogP contribution in [0.1, 0.15) is 49.7 Å². The Morgan fingerprint density at radius 1 is 1.20 bits per heavy atom. The highest BCUT2D eigenvalue weighted by Gasteiger charge is 2.57. The first kappa shape index (κ1) is 12.4. The molecular weight excluding hydrogens is 248 g/mol. The first-order valence-corrected chi connectivity index (χ1v) is 7.88. The van der Waals surface area contributed by atoms with Crippen molar-refractivity contribution < 1.29 is 4.79 Å². The van der Waals surface area contributed by atoms with Crippen LogP contribution in [-0.4, -0.2) is 22.9 Å². The lowest BCUT2D eigenvalue weighted by molar-refractivity contribution is -0.132. The number of benzene rings is 1. The molecule has 2 saturated heterocycles. The molecule has 1 aliphatic carbocycles. The van der Waals surface area contributed by atoms with E-state index in [4.69, 9.17) is 0 Å². The second kappa shape index (κ2) is 4.32. The number of carbonyl (C=O) groups is 1. The van der Waals surface area contributed by atoms with E-state index in [0.29, 0.717) is 24.4 Å². The van der Waals surface area contributed by atoms with Crippen LogP contribution < -0.4 is 5.32 Å². The maximum absolute atomic E-state index is 12.4. The van der Waals surface area contributed by atoms with Crippen LogP contribution in [0.2, 0.25) is 0 Å². The molecule has 1 saturated carbocycles. The van der Waals surface area contributed by atoms with E-state index in [-0.39, 0.29) is 5.66 Å². The monoisotopic (exact) mass is 270 g/mol. The van der Waals surface area contributed by atoms with Gasteiger partial charge in [0.25, 0.3) is 0 Å². The zero-order valence-corrected chi connectivity index (χ0v) is 12.1. The van der Waals surface area contributed by atoms with Gasteiger partial charge in [-0.25, -0.2) is 0 Å². The SMILES string of the molecule is Cc1ccc([C@]23CCC(=O)N2[C@H]2CCCC[C@H]2N3)cc1. The number of rotatable bonds is 1. The van der Waals surface area contributed by atoms with Crippen LogP contribution in [0.4, 0.5) is 0 Å². The molecule has 1 amide bonds. The van der Waals surface area contributed by atoms with Crippen molar-refractivity contribution >= 4 is 5.91 Å². The molecule has 2 heterocycles. The maximum Gasteiger partial charge on any atom is 0.224 e. The minimum atomic E-state index is -0.218. The van der Waals surface area contributed by atoms with E-state index >= 15 is 0 Å². The van der Waals surface area contributed by atoms with Crippen molar-refractivity contribution in [1.29, 1.82) is 0 Å². The number of amides is 1. The second-order valence-corrected chi connectivity index (χ2v) is 6.59. The minimum Gasteiger partial charge on any atom is -0.316 e. The number of hydrogen-bond donors (Lipinski definition) is 1. The van der Waals surface area contributed by atoms with E-state index in [0.717, 1.165) is 12.8 Å². The number of carbonyl (C=O) groups excluding carboxylic acids is 1. The molecule has 3 fully saturated rings. The van der Waals surface area contributed by atoms with Gasteiger partial charge < -0.3 is 4.90 Å². The molecule has 2 aliphatic heterocycles. The summed E-state index contributed by atoms with van der Waals surface area (Å²) in [6, 6.07) is 9.63. The average Bonchev–Trinajstić information content (AvgIpc) is 2.96. The summed E-state index contributed by atoms with van der Waals surface area (Å²) in [5, 5.41) is 3.84. The van der Waals surface area contributed by atoms with Crippen LogP contribution in [0.25, 0.3) is 0 Å². The molecule has 3 aliphatic rings. The van der Waals surface area contributed by atoms with E-state index in [1.54, 1.807) is 0 Å². The smallest absolute Gasteiger partial charge is 0.224 e. The third kappa shape index (κ3) is 1.59. The van der Waals surface area contributed by atoms with Gasteiger partial charge in [-0.3, -0.25) is 10.1 Å². The normalized spacial score (nSPS) is 36.0. The van der Waals surface area contributed by atoms with E-state index in [1.165, 1.54) is 30.4 Å². The van der Waals surface area contributed by atoms with E-state index in [2.05, 4.69) is 41.4 Å². The lowest BCUT2D eigenvalue weighted by Crippen LogP contribution is -2.47. The Bertz CT molecular complexity index is 538. The summed E-state index contributed by atoms with van der Waals surface area (Å²) in [5.41, 5.74) is 2.32. The van der Waals surface area contributed by atoms with Gasteiger partial charge in [-0.1, -0.05) is 42.7 Å². The molecular formula is C17H22N2O. The summed E-state index contributed by atoms with van der Waals surface area (Å²) in [4.78, 5) is 14.6. The Morgan fingerprint density at radius 3 is 2.75 bits per heavy atom. The fourth-order valence-corrected chi connectivity index (χ4v) is 4.44. The van der Waals surface area contributed by atoms with Gasteiger partial charge in [0.15, 0.2) is 0 Å². The van der Waals surface area contributed by atoms with Crippen LogP contribution in [0, 0.1) is 6.92 Å². The van der Waals surface area contributed by atoms with Crippen LogP contribution >= 0.6 is 0 Å². The molecule has 0 unspecified atom stereocenters. The van der Waals surface area contributed by atoms with Crippen molar-refractivity contribution in [2.24, 2.45) is 0 Å². The molecule has 4 rings (SSSR count). The van der Waals surface area contributed by atoms with Crippen molar-refractivity contribution in [3.8, 4) is 0 Å². The van der Waals surface area contributed by atoms with Gasteiger partial charge in [-0.05, 0) is 31.7 Å². The van der Waals surface area contributed by atoms with Gasteiger partial charge in [-0.15, -0.1) is 0 Å². The summed E-state index contributed by atoms with van der Waals surface area (Å²) >= 11 is 0. The zero-order valence-electron chi connectivity index (χ0n) is 12.1. The van der Waals surface area contributed by atoms with Crippen LogP contribution in [0.3, 0.4) is 0 Å². The molecule has 1 aromatic carbocycles. The number of aryl methyl sites for hydroxylation is 1. The van der Waals surface area contributed by atoms with Crippen LogP contribution in [-0.2, 0) is 10.5 Å². The predicted octanol–water partition coefficient (Wildman–Crippen LogP) is 2.68. The fraction of sp³-hybridized carbons (Fsp3) is 0.588. The average molecular weight is 270 g/mol. The number of fused-ring (bicyclic) bond motifs is 3. The standard InChI is InChI=1S/C17H22N2O/c1-12-6-8-13(9-7-12)17-11-10-16(20)19(17)15-5-3-2-4-14(15)18-17/h6-9,14-15,18H,2-5,10-11H2,1H3/t14-,15+,17+/m1/s1. The maximum atomic E-state index is 12.4. The number of hydrogen-bond acceptors (Lipinski definition) is 2. The first-order chi connectivity index (χ1) is 9.71.